The molecule has 4 aromatic rings. The van der Waals surface area contributed by atoms with Crippen molar-refractivity contribution in [3.05, 3.63) is 94.9 Å². The third-order valence-electron chi connectivity index (χ3n) is 6.61. The monoisotopic (exact) mass is 487 g/mol. The number of pyridine rings is 1. The SMILES string of the molecule is O=c1cc(OCCCNC2CCN(Cc3ccccc3)CC2)c2ccc(-c3ccnc(F)c3)cc2o1. The maximum absolute atomic E-state index is 13.5. The first kappa shape index (κ1) is 24.2. The lowest BCUT2D eigenvalue weighted by Crippen LogP contribution is -2.42. The zero-order chi connectivity index (χ0) is 24.7. The summed E-state index contributed by atoms with van der Waals surface area (Å²) in [5.74, 6) is -0.0552. The van der Waals surface area contributed by atoms with Gasteiger partial charge in [0, 0.05) is 24.8 Å². The van der Waals surface area contributed by atoms with E-state index in [1.807, 2.05) is 12.1 Å². The minimum atomic E-state index is -0.558. The van der Waals surface area contributed by atoms with Crippen LogP contribution in [0.1, 0.15) is 24.8 Å². The summed E-state index contributed by atoms with van der Waals surface area (Å²) in [4.78, 5) is 18.2. The number of nitrogens with one attached hydrogen (secondary N) is 1. The number of halogens is 1. The molecule has 0 aliphatic carbocycles. The topological polar surface area (TPSA) is 67.6 Å². The number of piperidine rings is 1. The van der Waals surface area contributed by atoms with Crippen LogP contribution in [-0.4, -0.2) is 42.2 Å². The molecule has 0 amide bonds. The average molecular weight is 488 g/mol. The van der Waals surface area contributed by atoms with Crippen LogP contribution in [0.2, 0.25) is 0 Å². The molecule has 5 rings (SSSR count). The Hall–Kier alpha value is -3.55. The highest BCUT2D eigenvalue weighted by Crippen LogP contribution is 2.29. The van der Waals surface area contributed by atoms with Crippen molar-refractivity contribution in [2.45, 2.75) is 31.8 Å². The van der Waals surface area contributed by atoms with Gasteiger partial charge in [-0.3, -0.25) is 4.90 Å². The van der Waals surface area contributed by atoms with Gasteiger partial charge in [-0.25, -0.2) is 9.78 Å². The van der Waals surface area contributed by atoms with Crippen molar-refractivity contribution in [3.8, 4) is 16.9 Å². The largest absolute Gasteiger partial charge is 0.492 e. The fourth-order valence-electron chi connectivity index (χ4n) is 4.71. The summed E-state index contributed by atoms with van der Waals surface area (Å²) in [6.45, 7) is 4.57. The van der Waals surface area contributed by atoms with E-state index in [1.165, 1.54) is 23.9 Å². The number of nitrogens with zero attached hydrogens (tertiary/aromatic N) is 2. The van der Waals surface area contributed by atoms with Crippen molar-refractivity contribution in [1.29, 1.82) is 0 Å². The smallest absolute Gasteiger partial charge is 0.339 e. The fraction of sp³-hybridized carbons (Fsp3) is 0.310. The Morgan fingerprint density at radius 1 is 1.03 bits per heavy atom. The minimum Gasteiger partial charge on any atom is -0.492 e. The molecule has 3 heterocycles. The second-order valence-corrected chi connectivity index (χ2v) is 9.20. The van der Waals surface area contributed by atoms with Crippen LogP contribution in [0.5, 0.6) is 5.75 Å². The molecule has 36 heavy (non-hydrogen) atoms. The molecule has 186 valence electrons. The average Bonchev–Trinajstić information content (AvgIpc) is 2.89. The fourth-order valence-corrected chi connectivity index (χ4v) is 4.71. The van der Waals surface area contributed by atoms with Gasteiger partial charge in [0.25, 0.3) is 0 Å². The molecule has 0 radical (unpaired) electrons. The van der Waals surface area contributed by atoms with Gasteiger partial charge in [-0.05, 0) is 73.8 Å². The predicted molar refractivity (Wildman–Crippen MR) is 139 cm³/mol. The van der Waals surface area contributed by atoms with Gasteiger partial charge in [-0.2, -0.15) is 4.39 Å². The highest BCUT2D eigenvalue weighted by molar-refractivity contribution is 5.87. The highest BCUT2D eigenvalue weighted by atomic mass is 19.1. The molecular weight excluding hydrogens is 457 g/mol. The molecule has 0 spiro atoms. The van der Waals surface area contributed by atoms with Crippen LogP contribution >= 0.6 is 0 Å². The first-order valence-electron chi connectivity index (χ1n) is 12.5. The molecule has 1 fully saturated rings. The quantitative estimate of drug-likeness (QED) is 0.203. The van der Waals surface area contributed by atoms with Gasteiger partial charge in [0.1, 0.15) is 11.3 Å². The highest BCUT2D eigenvalue weighted by Gasteiger charge is 2.18. The summed E-state index contributed by atoms with van der Waals surface area (Å²) in [6, 6.07) is 21.0. The number of fused-ring (bicyclic) bond motifs is 1. The van der Waals surface area contributed by atoms with Gasteiger partial charge in [0.15, 0.2) is 0 Å². The summed E-state index contributed by atoms with van der Waals surface area (Å²) in [6.07, 6.45) is 4.52. The zero-order valence-corrected chi connectivity index (χ0v) is 20.2. The third kappa shape index (κ3) is 6.17. The van der Waals surface area contributed by atoms with Gasteiger partial charge in [0.2, 0.25) is 5.95 Å². The Labute approximate surface area is 209 Å². The van der Waals surface area contributed by atoms with Crippen LogP contribution in [0.15, 0.2) is 82.1 Å². The van der Waals surface area contributed by atoms with E-state index >= 15 is 0 Å². The van der Waals surface area contributed by atoms with E-state index in [9.17, 15) is 9.18 Å². The van der Waals surface area contributed by atoms with E-state index in [2.05, 4.69) is 45.5 Å². The predicted octanol–water partition coefficient (Wildman–Crippen LogP) is 5.02. The van der Waals surface area contributed by atoms with Crippen LogP contribution in [0, 0.1) is 5.95 Å². The lowest BCUT2D eigenvalue weighted by atomic mass is 10.0. The molecule has 0 bridgehead atoms. The molecule has 6 nitrogen and oxygen atoms in total. The van der Waals surface area contributed by atoms with Gasteiger partial charge < -0.3 is 14.5 Å². The second-order valence-electron chi connectivity index (χ2n) is 9.20. The first-order valence-corrected chi connectivity index (χ1v) is 12.5. The molecule has 1 saturated heterocycles. The van der Waals surface area contributed by atoms with Gasteiger partial charge in [-0.15, -0.1) is 0 Å². The zero-order valence-electron chi connectivity index (χ0n) is 20.2. The van der Waals surface area contributed by atoms with Gasteiger partial charge in [0.05, 0.1) is 18.1 Å². The number of ether oxygens (including phenoxy) is 1. The second kappa shape index (κ2) is 11.5. The normalized spacial score (nSPS) is 14.8. The van der Waals surface area contributed by atoms with Crippen molar-refractivity contribution in [1.82, 2.24) is 15.2 Å². The van der Waals surface area contributed by atoms with Crippen molar-refractivity contribution in [3.63, 3.8) is 0 Å². The van der Waals surface area contributed by atoms with E-state index in [1.54, 1.807) is 12.1 Å². The molecule has 0 unspecified atom stereocenters. The van der Waals surface area contributed by atoms with E-state index in [0.717, 1.165) is 51.0 Å². The van der Waals surface area contributed by atoms with Crippen LogP contribution in [0.4, 0.5) is 4.39 Å². The summed E-state index contributed by atoms with van der Waals surface area (Å²) < 4.78 is 24.8. The summed E-state index contributed by atoms with van der Waals surface area (Å²) >= 11 is 0. The molecule has 1 aliphatic rings. The van der Waals surface area contributed by atoms with E-state index in [0.29, 0.717) is 34.9 Å². The molecule has 2 aromatic carbocycles. The molecule has 7 heteroatoms. The lowest BCUT2D eigenvalue weighted by molar-refractivity contribution is 0.189. The standard InChI is InChI=1S/C29H30FN3O3/c30-28-18-23(9-13-32-28)22-7-8-25-26(19-29(34)36-27(25)17-22)35-16-4-12-31-24-10-14-33(15-11-24)20-21-5-2-1-3-6-21/h1-3,5-9,13,17-19,24,31H,4,10-12,14-16,20H2. The summed E-state index contributed by atoms with van der Waals surface area (Å²) in [5, 5.41) is 4.36. The minimum absolute atomic E-state index is 0.410. The number of likely N-dealkylation sites (tertiary alicyclic amines) is 1. The Morgan fingerprint density at radius 2 is 1.83 bits per heavy atom. The van der Waals surface area contributed by atoms with Gasteiger partial charge >= 0.3 is 5.63 Å². The van der Waals surface area contributed by atoms with Crippen molar-refractivity contribution < 1.29 is 13.5 Å². The van der Waals surface area contributed by atoms with Crippen LogP contribution in [0.3, 0.4) is 0 Å². The molecule has 0 atom stereocenters. The Morgan fingerprint density at radius 3 is 2.64 bits per heavy atom. The Kier molecular flexibility index (Phi) is 7.69. The summed E-state index contributed by atoms with van der Waals surface area (Å²) in [5.41, 5.74) is 2.70. The molecule has 0 saturated carbocycles. The number of hydrogen-bond acceptors (Lipinski definition) is 6. The van der Waals surface area contributed by atoms with Crippen molar-refractivity contribution in [2.75, 3.05) is 26.2 Å². The van der Waals surface area contributed by atoms with Gasteiger partial charge in [-0.1, -0.05) is 36.4 Å². The van der Waals surface area contributed by atoms with Crippen LogP contribution in [0.25, 0.3) is 22.1 Å². The first-order chi connectivity index (χ1) is 17.6. The third-order valence-corrected chi connectivity index (χ3v) is 6.61. The van der Waals surface area contributed by atoms with Crippen molar-refractivity contribution >= 4 is 11.0 Å². The molecule has 2 aromatic heterocycles. The van der Waals surface area contributed by atoms with Crippen LogP contribution in [-0.2, 0) is 6.54 Å². The van der Waals surface area contributed by atoms with Crippen LogP contribution < -0.4 is 15.7 Å². The molecule has 1 N–H and O–H groups in total. The Bertz CT molecular complexity index is 1350. The number of rotatable bonds is 9. The maximum atomic E-state index is 13.5. The number of hydrogen-bond donors (Lipinski definition) is 1. The van der Waals surface area contributed by atoms with E-state index in [-0.39, 0.29) is 0 Å². The van der Waals surface area contributed by atoms with E-state index < -0.39 is 11.6 Å². The molecular formula is C29H30FN3O3. The Balaban J connectivity index is 1.10. The summed E-state index contributed by atoms with van der Waals surface area (Å²) in [7, 11) is 0. The lowest BCUT2D eigenvalue weighted by Gasteiger charge is -2.32. The number of benzene rings is 2. The van der Waals surface area contributed by atoms with E-state index in [4.69, 9.17) is 9.15 Å². The van der Waals surface area contributed by atoms with Crippen molar-refractivity contribution in [2.24, 2.45) is 0 Å². The number of aromatic nitrogens is 1. The molecule has 1 aliphatic heterocycles. The maximum Gasteiger partial charge on any atom is 0.339 e.